The number of ether oxygens (including phenoxy) is 1. The van der Waals surface area contributed by atoms with Crippen LogP contribution in [0.25, 0.3) is 6.08 Å². The van der Waals surface area contributed by atoms with Crippen molar-refractivity contribution in [1.82, 2.24) is 4.90 Å². The van der Waals surface area contributed by atoms with E-state index < -0.39 is 19.0 Å². The van der Waals surface area contributed by atoms with Crippen LogP contribution in [-0.4, -0.2) is 52.7 Å². The molecule has 0 radical (unpaired) electrons. The van der Waals surface area contributed by atoms with Crippen molar-refractivity contribution in [2.75, 3.05) is 6.61 Å². The third-order valence-corrected chi connectivity index (χ3v) is 10.0. The van der Waals surface area contributed by atoms with Crippen molar-refractivity contribution in [1.29, 1.82) is 0 Å². The highest BCUT2D eigenvalue weighted by atomic mass is 16.5. The Hall–Kier alpha value is -3.36. The average Bonchev–Trinajstić information content (AvgIpc) is 3.29. The average molecular weight is 598 g/mol. The van der Waals surface area contributed by atoms with Crippen molar-refractivity contribution in [3.05, 3.63) is 76.9 Å². The minimum atomic E-state index is -0.994. The van der Waals surface area contributed by atoms with E-state index in [2.05, 4.69) is 13.0 Å². The highest BCUT2D eigenvalue weighted by Crippen LogP contribution is 2.51. The van der Waals surface area contributed by atoms with Crippen LogP contribution in [0.3, 0.4) is 0 Å². The molecule has 2 aromatic rings. The first-order valence-electron chi connectivity index (χ1n) is 16.5. The van der Waals surface area contributed by atoms with Gasteiger partial charge in [0, 0.05) is 6.04 Å². The zero-order valence-corrected chi connectivity index (χ0v) is 25.7. The van der Waals surface area contributed by atoms with Crippen LogP contribution in [0.5, 0.6) is 11.5 Å². The molecule has 4 atom stereocenters. The van der Waals surface area contributed by atoms with Crippen molar-refractivity contribution in [3.8, 4) is 11.5 Å². The maximum Gasteiger partial charge on any atom is 0.455 e. The lowest BCUT2D eigenvalue weighted by Crippen LogP contribution is -2.47. The van der Waals surface area contributed by atoms with E-state index in [1.54, 1.807) is 17.0 Å². The Morgan fingerprint density at radius 3 is 2.48 bits per heavy atom. The van der Waals surface area contributed by atoms with Crippen molar-refractivity contribution in [3.63, 3.8) is 0 Å². The van der Waals surface area contributed by atoms with Crippen LogP contribution in [0, 0.1) is 17.8 Å². The van der Waals surface area contributed by atoms with Gasteiger partial charge in [0.15, 0.2) is 0 Å². The first-order valence-corrected chi connectivity index (χ1v) is 16.5. The van der Waals surface area contributed by atoms with E-state index in [1.165, 1.54) is 5.57 Å². The Morgan fingerprint density at radius 2 is 1.75 bits per heavy atom. The molecule has 0 aromatic heterocycles. The molecule has 1 saturated carbocycles. The van der Waals surface area contributed by atoms with Crippen LogP contribution >= 0.6 is 0 Å². The van der Waals surface area contributed by atoms with Gasteiger partial charge in [-0.05, 0) is 91.7 Å². The highest BCUT2D eigenvalue weighted by Gasteiger charge is 2.58. The first kappa shape index (κ1) is 30.7. The second-order valence-electron chi connectivity index (χ2n) is 12.9. The predicted molar refractivity (Wildman–Crippen MR) is 171 cm³/mol. The number of phenols is 1. The monoisotopic (exact) mass is 597 g/mol. The summed E-state index contributed by atoms with van der Waals surface area (Å²) in [5, 5.41) is 20.7. The van der Waals surface area contributed by atoms with E-state index in [1.807, 2.05) is 42.5 Å². The number of amides is 2. The fraction of sp³-hybridized carbons (Fsp3) is 0.500. The third kappa shape index (κ3) is 6.52. The molecule has 2 aromatic carbocycles. The van der Waals surface area contributed by atoms with Crippen LogP contribution in [0.2, 0.25) is 6.32 Å². The summed E-state index contributed by atoms with van der Waals surface area (Å²) in [5.74, 6) is -0.214. The molecule has 2 aliphatic carbocycles. The quantitative estimate of drug-likeness (QED) is 0.183. The number of rotatable bonds is 10. The van der Waals surface area contributed by atoms with Crippen molar-refractivity contribution < 1.29 is 29.1 Å². The molecule has 0 unspecified atom stereocenters. The molecule has 0 bridgehead atoms. The maximum absolute atomic E-state index is 14.1. The zero-order valence-electron chi connectivity index (χ0n) is 25.7. The van der Waals surface area contributed by atoms with Crippen LogP contribution in [-0.2, 0) is 14.2 Å². The lowest BCUT2D eigenvalue weighted by atomic mass is 9.58. The van der Waals surface area contributed by atoms with E-state index in [0.29, 0.717) is 25.8 Å². The van der Waals surface area contributed by atoms with Crippen LogP contribution in [0.15, 0.2) is 71.3 Å². The van der Waals surface area contributed by atoms with Gasteiger partial charge in [0.25, 0.3) is 0 Å². The summed E-state index contributed by atoms with van der Waals surface area (Å²) in [7, 11) is -0.994. The van der Waals surface area contributed by atoms with Gasteiger partial charge in [-0.3, -0.25) is 14.5 Å². The second-order valence-corrected chi connectivity index (χ2v) is 12.9. The summed E-state index contributed by atoms with van der Waals surface area (Å²) >= 11 is 0. The van der Waals surface area contributed by atoms with E-state index in [4.69, 9.17) is 9.39 Å². The number of fused-ring (bicyclic) bond motifs is 3. The molecule has 3 fully saturated rings. The molecule has 2 N–H and O–H groups in total. The van der Waals surface area contributed by atoms with E-state index >= 15 is 0 Å². The van der Waals surface area contributed by atoms with Crippen LogP contribution in [0.1, 0.15) is 76.7 Å². The summed E-state index contributed by atoms with van der Waals surface area (Å²) in [6, 6.07) is 16.9. The van der Waals surface area contributed by atoms with E-state index in [0.717, 1.165) is 73.8 Å². The first-order chi connectivity index (χ1) is 21.4. The normalized spacial score (nSPS) is 26.2. The van der Waals surface area contributed by atoms with E-state index in [-0.39, 0.29) is 35.6 Å². The zero-order chi connectivity index (χ0) is 30.6. The highest BCUT2D eigenvalue weighted by molar-refractivity contribution is 6.43. The van der Waals surface area contributed by atoms with Crippen molar-refractivity contribution in [2.45, 2.75) is 89.6 Å². The number of carbonyl (C=O) groups is 2. The lowest BCUT2D eigenvalue weighted by Gasteiger charge is -2.43. The summed E-state index contributed by atoms with van der Waals surface area (Å²) in [5.41, 5.74) is 4.39. The van der Waals surface area contributed by atoms with Gasteiger partial charge in [-0.2, -0.15) is 0 Å². The molecular formula is C36H44BNO6. The number of likely N-dealkylation sites (tertiary alicyclic amines) is 1. The topological polar surface area (TPSA) is 96.3 Å². The molecule has 8 heteroatoms. The Balaban J connectivity index is 1.30. The molecule has 2 aliphatic heterocycles. The standard InChI is InChI=1S/C36H44BNO6/c1-2-9-24(20-25-14-17-28(39)18-15-25)16-19-32-33-26(23-43-29-12-7-4-8-13-29)21-30-34(31(33)22-37(42)44-32)36(41)38(35(30)40)27-10-5-3-6-11-27/h4,7-8,12-15,17-18,20,27,30-32,34,39,42H,2-3,5-6,9-11,16,19,21-23H2,1H3/b24-20+/t30-,31+,32-,34-/m1/s1. The van der Waals surface area contributed by atoms with Gasteiger partial charge in [-0.1, -0.05) is 74.6 Å². The molecule has 0 spiro atoms. The van der Waals surface area contributed by atoms with Gasteiger partial charge in [0.2, 0.25) is 11.8 Å². The number of hydrogen-bond donors (Lipinski definition) is 2. The van der Waals surface area contributed by atoms with Gasteiger partial charge in [-0.15, -0.1) is 0 Å². The number of allylic oxidation sites excluding steroid dienone is 1. The van der Waals surface area contributed by atoms with Gasteiger partial charge in [-0.25, -0.2) is 0 Å². The minimum absolute atomic E-state index is 0.0102. The molecule has 6 rings (SSSR count). The number of hydrogen-bond acceptors (Lipinski definition) is 6. The van der Waals surface area contributed by atoms with Gasteiger partial charge in [0.1, 0.15) is 18.1 Å². The van der Waals surface area contributed by atoms with Gasteiger partial charge in [0.05, 0.1) is 17.9 Å². The molecule has 232 valence electrons. The SMILES string of the molecule is CCC/C(=C\c1ccc(O)cc1)CC[C@H]1OB(O)C[C@H]2C1=C(COc1ccccc1)C[C@H]1C(=O)N(C3CCCCC3)C(=O)[C@H]12. The number of phenolic OH excluding ortho intramolecular Hbond substituents is 1. The molecule has 44 heavy (non-hydrogen) atoms. The summed E-state index contributed by atoms with van der Waals surface area (Å²) in [6.07, 6.45) is 11.0. The van der Waals surface area contributed by atoms with E-state index in [9.17, 15) is 19.7 Å². The number of nitrogens with zero attached hydrogens (tertiary/aromatic N) is 1. The molecule has 7 nitrogen and oxygen atoms in total. The van der Waals surface area contributed by atoms with Crippen LogP contribution < -0.4 is 4.74 Å². The Labute approximate surface area is 261 Å². The molecule has 2 saturated heterocycles. The largest absolute Gasteiger partial charge is 0.508 e. The molecular weight excluding hydrogens is 553 g/mol. The van der Waals surface area contributed by atoms with Crippen molar-refractivity contribution >= 4 is 25.0 Å². The summed E-state index contributed by atoms with van der Waals surface area (Å²) < 4.78 is 12.5. The lowest BCUT2D eigenvalue weighted by molar-refractivity contribution is -0.143. The minimum Gasteiger partial charge on any atom is -0.508 e. The fourth-order valence-corrected chi connectivity index (χ4v) is 8.02. The Morgan fingerprint density at radius 1 is 1.00 bits per heavy atom. The molecule has 4 aliphatic rings. The number of para-hydroxylation sites is 1. The number of carbonyl (C=O) groups excluding carboxylic acids is 2. The Kier molecular flexibility index (Phi) is 9.57. The second kappa shape index (κ2) is 13.7. The predicted octanol–water partition coefficient (Wildman–Crippen LogP) is 6.56. The molecule has 2 amide bonds. The number of imide groups is 1. The maximum atomic E-state index is 14.1. The smallest absolute Gasteiger partial charge is 0.455 e. The van der Waals surface area contributed by atoms with Gasteiger partial charge < -0.3 is 19.5 Å². The molecule has 2 heterocycles. The number of aromatic hydroxyl groups is 1. The van der Waals surface area contributed by atoms with Crippen molar-refractivity contribution in [2.24, 2.45) is 17.8 Å². The summed E-state index contributed by atoms with van der Waals surface area (Å²) in [6.45, 7) is 2.48. The third-order valence-electron chi connectivity index (χ3n) is 10.0. The summed E-state index contributed by atoms with van der Waals surface area (Å²) in [4.78, 5) is 29.6. The van der Waals surface area contributed by atoms with Crippen LogP contribution in [0.4, 0.5) is 0 Å². The number of benzene rings is 2. The Bertz CT molecular complexity index is 1380. The fourth-order valence-electron chi connectivity index (χ4n) is 8.02. The van der Waals surface area contributed by atoms with Gasteiger partial charge >= 0.3 is 7.12 Å².